The highest BCUT2D eigenvalue weighted by Gasteiger charge is 2.28. The van der Waals surface area contributed by atoms with E-state index in [1.54, 1.807) is 34.6 Å². The van der Waals surface area contributed by atoms with E-state index < -0.39 is 66.6 Å². The van der Waals surface area contributed by atoms with E-state index in [9.17, 15) is 33.9 Å². The molecule has 8 N–H and O–H groups in total. The maximum absolute atomic E-state index is 12.6. The topological polar surface area (TPSA) is 218 Å². The Morgan fingerprint density at radius 2 is 1.50 bits per heavy atom. The SMILES string of the molecule is CC(C)[C@H](NC(=O)CNC(=O)CNC(=O)OC(C)(C)C)C(=O)N[C@@H](CCCNC(N)=O)C(=O)O. The first-order valence-corrected chi connectivity index (χ1v) is 10.7. The summed E-state index contributed by atoms with van der Waals surface area (Å²) in [5.74, 6) is -3.71. The maximum Gasteiger partial charge on any atom is 0.408 e. The van der Waals surface area contributed by atoms with Gasteiger partial charge in [-0.05, 0) is 39.5 Å². The number of carboxylic acid groups (broad SMARTS) is 1. The number of nitrogens with two attached hydrogens (primary N) is 1. The third-order valence-electron chi connectivity index (χ3n) is 4.09. The Morgan fingerprint density at radius 3 is 2.00 bits per heavy atom. The summed E-state index contributed by atoms with van der Waals surface area (Å²) < 4.78 is 4.99. The van der Waals surface area contributed by atoms with Gasteiger partial charge in [-0.3, -0.25) is 14.4 Å². The molecule has 2 atom stereocenters. The number of carbonyl (C=O) groups excluding carboxylic acids is 5. The van der Waals surface area contributed by atoms with E-state index in [-0.39, 0.29) is 25.3 Å². The minimum Gasteiger partial charge on any atom is -0.480 e. The molecule has 0 aliphatic heterocycles. The number of carbonyl (C=O) groups is 6. The van der Waals surface area contributed by atoms with Crippen molar-refractivity contribution in [3.05, 3.63) is 0 Å². The number of carboxylic acids is 1. The molecule has 0 fully saturated rings. The largest absolute Gasteiger partial charge is 0.480 e. The second kappa shape index (κ2) is 14.5. The van der Waals surface area contributed by atoms with E-state index in [1.165, 1.54) is 0 Å². The number of primary amides is 1. The lowest BCUT2D eigenvalue weighted by Gasteiger charge is -2.24. The minimum absolute atomic E-state index is 0.0286. The van der Waals surface area contributed by atoms with Gasteiger partial charge in [0.1, 0.15) is 24.2 Å². The molecule has 6 amide bonds. The first-order valence-electron chi connectivity index (χ1n) is 10.7. The van der Waals surface area contributed by atoms with Crippen LogP contribution >= 0.6 is 0 Å². The highest BCUT2D eigenvalue weighted by molar-refractivity contribution is 5.92. The molecule has 0 aliphatic rings. The third kappa shape index (κ3) is 14.5. The van der Waals surface area contributed by atoms with Crippen LogP contribution in [-0.2, 0) is 23.9 Å². The molecule has 0 aromatic rings. The number of aliphatic carboxylic acids is 1. The van der Waals surface area contributed by atoms with E-state index >= 15 is 0 Å². The molecule has 14 nitrogen and oxygen atoms in total. The predicted octanol–water partition coefficient (Wildman–Crippen LogP) is -1.21. The van der Waals surface area contributed by atoms with Crippen LogP contribution in [0.25, 0.3) is 0 Å². The highest BCUT2D eigenvalue weighted by atomic mass is 16.6. The molecule has 0 rings (SSSR count). The van der Waals surface area contributed by atoms with Crippen LogP contribution in [0, 0.1) is 5.92 Å². The average Bonchev–Trinajstić information content (AvgIpc) is 2.69. The first-order chi connectivity index (χ1) is 15.6. The molecule has 0 unspecified atom stereocenters. The van der Waals surface area contributed by atoms with Gasteiger partial charge in [0.15, 0.2) is 0 Å². The van der Waals surface area contributed by atoms with E-state index in [4.69, 9.17) is 10.5 Å². The summed E-state index contributed by atoms with van der Waals surface area (Å²) in [7, 11) is 0. The summed E-state index contributed by atoms with van der Waals surface area (Å²) in [6.45, 7) is 7.56. The second-order valence-corrected chi connectivity index (χ2v) is 8.75. The van der Waals surface area contributed by atoms with Gasteiger partial charge in [-0.25, -0.2) is 14.4 Å². The summed E-state index contributed by atoms with van der Waals surface area (Å²) in [5, 5.41) is 21.0. The molecule has 194 valence electrons. The van der Waals surface area contributed by atoms with Crippen LogP contribution in [-0.4, -0.2) is 78.2 Å². The maximum atomic E-state index is 12.6. The van der Waals surface area contributed by atoms with Crippen molar-refractivity contribution in [3.8, 4) is 0 Å². The van der Waals surface area contributed by atoms with Gasteiger partial charge in [0.05, 0.1) is 6.54 Å². The molecule has 14 heteroatoms. The fourth-order valence-electron chi connectivity index (χ4n) is 2.50. The lowest BCUT2D eigenvalue weighted by atomic mass is 10.0. The summed E-state index contributed by atoms with van der Waals surface area (Å²) in [6.07, 6.45) is -0.509. The van der Waals surface area contributed by atoms with Gasteiger partial charge in [-0.15, -0.1) is 0 Å². The molecular formula is C20H36N6O8. The van der Waals surface area contributed by atoms with Crippen molar-refractivity contribution < 1.29 is 38.6 Å². The molecule has 0 radical (unpaired) electrons. The lowest BCUT2D eigenvalue weighted by Crippen LogP contribution is -2.55. The van der Waals surface area contributed by atoms with Gasteiger partial charge in [0.25, 0.3) is 0 Å². The van der Waals surface area contributed by atoms with E-state index in [1.807, 2.05) is 0 Å². The van der Waals surface area contributed by atoms with Gasteiger partial charge in [-0.1, -0.05) is 13.8 Å². The predicted molar refractivity (Wildman–Crippen MR) is 120 cm³/mol. The quantitative estimate of drug-likeness (QED) is 0.156. The van der Waals surface area contributed by atoms with Gasteiger partial charge < -0.3 is 42.2 Å². The minimum atomic E-state index is -1.27. The van der Waals surface area contributed by atoms with E-state index in [0.29, 0.717) is 0 Å². The summed E-state index contributed by atoms with van der Waals surface area (Å²) in [4.78, 5) is 70.2. The van der Waals surface area contributed by atoms with E-state index in [2.05, 4.69) is 26.6 Å². The molecule has 34 heavy (non-hydrogen) atoms. The molecule has 0 aromatic carbocycles. The number of rotatable bonds is 13. The number of urea groups is 1. The smallest absolute Gasteiger partial charge is 0.408 e. The van der Waals surface area contributed by atoms with Crippen molar-refractivity contribution in [2.75, 3.05) is 19.6 Å². The standard InChI is InChI=1S/C20H36N6O8/c1-11(2)15(16(29)25-12(17(30)31)7-6-8-22-18(21)32)26-14(28)10-23-13(27)9-24-19(33)34-20(3,4)5/h11-12,15H,6-10H2,1-5H3,(H,23,27)(H,24,33)(H,25,29)(H,26,28)(H,30,31)(H3,21,22,32)/t12-,15-/m0/s1. The van der Waals surface area contributed by atoms with Crippen LogP contribution in [0.3, 0.4) is 0 Å². The first kappa shape index (κ1) is 30.4. The molecule has 0 heterocycles. The van der Waals surface area contributed by atoms with Crippen LogP contribution in [0.2, 0.25) is 0 Å². The zero-order valence-electron chi connectivity index (χ0n) is 20.1. The van der Waals surface area contributed by atoms with Gasteiger partial charge in [0, 0.05) is 6.54 Å². The van der Waals surface area contributed by atoms with Crippen LogP contribution in [0.15, 0.2) is 0 Å². The second-order valence-electron chi connectivity index (χ2n) is 8.75. The van der Waals surface area contributed by atoms with Crippen LogP contribution in [0.5, 0.6) is 0 Å². The Kier molecular flexibility index (Phi) is 13.0. The molecule has 0 aliphatic carbocycles. The molecule has 0 aromatic heterocycles. The van der Waals surface area contributed by atoms with Crippen molar-refractivity contribution in [1.82, 2.24) is 26.6 Å². The van der Waals surface area contributed by atoms with Gasteiger partial charge >= 0.3 is 18.1 Å². The molecule has 0 bridgehead atoms. The number of ether oxygens (including phenoxy) is 1. The van der Waals surface area contributed by atoms with Crippen molar-refractivity contribution >= 4 is 35.8 Å². The van der Waals surface area contributed by atoms with Crippen LogP contribution in [0.1, 0.15) is 47.5 Å². The molecule has 0 saturated heterocycles. The number of nitrogens with one attached hydrogen (secondary N) is 5. The Morgan fingerprint density at radius 1 is 0.912 bits per heavy atom. The Balaban J connectivity index is 4.67. The average molecular weight is 489 g/mol. The molecule has 0 saturated carbocycles. The number of hydrogen-bond donors (Lipinski definition) is 7. The van der Waals surface area contributed by atoms with Crippen LogP contribution in [0.4, 0.5) is 9.59 Å². The van der Waals surface area contributed by atoms with Gasteiger partial charge in [-0.2, -0.15) is 0 Å². The summed E-state index contributed by atoms with van der Waals surface area (Å²) >= 11 is 0. The highest BCUT2D eigenvalue weighted by Crippen LogP contribution is 2.06. The van der Waals surface area contributed by atoms with Crippen molar-refractivity contribution in [2.24, 2.45) is 11.7 Å². The number of hydrogen-bond acceptors (Lipinski definition) is 7. The summed E-state index contributed by atoms with van der Waals surface area (Å²) in [6, 6.07) is -3.04. The van der Waals surface area contributed by atoms with E-state index in [0.717, 1.165) is 0 Å². The Hall–Kier alpha value is -3.58. The lowest BCUT2D eigenvalue weighted by molar-refractivity contribution is -0.142. The normalized spacial score (nSPS) is 12.6. The Bertz CT molecular complexity index is 750. The van der Waals surface area contributed by atoms with Crippen molar-refractivity contribution in [2.45, 2.75) is 65.1 Å². The zero-order valence-corrected chi connectivity index (χ0v) is 20.1. The zero-order chi connectivity index (χ0) is 26.5. The fourth-order valence-corrected chi connectivity index (χ4v) is 2.50. The third-order valence-corrected chi connectivity index (χ3v) is 4.09. The van der Waals surface area contributed by atoms with Crippen molar-refractivity contribution in [3.63, 3.8) is 0 Å². The Labute approximate surface area is 198 Å². The molecular weight excluding hydrogens is 452 g/mol. The number of alkyl carbamates (subject to hydrolysis) is 1. The van der Waals surface area contributed by atoms with Crippen molar-refractivity contribution in [1.29, 1.82) is 0 Å². The fraction of sp³-hybridized carbons (Fsp3) is 0.700. The number of amides is 6. The monoisotopic (exact) mass is 488 g/mol. The van der Waals surface area contributed by atoms with Gasteiger partial charge in [0.2, 0.25) is 17.7 Å². The van der Waals surface area contributed by atoms with Crippen LogP contribution < -0.4 is 32.3 Å². The summed E-state index contributed by atoms with van der Waals surface area (Å²) in [5.41, 5.74) is 4.21. The molecule has 0 spiro atoms.